The summed E-state index contributed by atoms with van der Waals surface area (Å²) in [4.78, 5) is 7.73. The third-order valence-electron chi connectivity index (χ3n) is 6.37. The highest BCUT2D eigenvalue weighted by atomic mass is 32.2. The Bertz CT molecular complexity index is 1040. The summed E-state index contributed by atoms with van der Waals surface area (Å²) in [7, 11) is 1.27. The Kier molecular flexibility index (Phi) is 7.14. The Labute approximate surface area is 195 Å². The summed E-state index contributed by atoms with van der Waals surface area (Å²) in [5.74, 6) is 1.79. The molecule has 33 heavy (non-hydrogen) atoms. The van der Waals surface area contributed by atoms with Crippen LogP contribution in [0.1, 0.15) is 19.3 Å². The first kappa shape index (κ1) is 23.4. The lowest BCUT2D eigenvalue weighted by Crippen LogP contribution is -2.47. The average Bonchev–Trinajstić information content (AvgIpc) is 2.88. The first-order valence-corrected chi connectivity index (χ1v) is 12.7. The summed E-state index contributed by atoms with van der Waals surface area (Å²) < 4.78 is 44.8. The maximum atomic E-state index is 13.4. The average molecular weight is 478 g/mol. The second-order valence-corrected chi connectivity index (χ2v) is 10.1. The van der Waals surface area contributed by atoms with E-state index in [0.717, 1.165) is 43.7 Å². The molecule has 0 atom stereocenters. The lowest BCUT2D eigenvalue weighted by molar-refractivity contribution is -0.380. The summed E-state index contributed by atoms with van der Waals surface area (Å²) in [6.45, 7) is 4.05. The number of benzene rings is 1. The molecule has 10 heteroatoms. The van der Waals surface area contributed by atoms with Gasteiger partial charge in [0.05, 0.1) is 27.0 Å². The Morgan fingerprint density at radius 2 is 1.42 bits per heavy atom. The van der Waals surface area contributed by atoms with E-state index in [1.165, 1.54) is 0 Å². The van der Waals surface area contributed by atoms with Crippen LogP contribution < -0.4 is 29.0 Å². The molecule has 1 N–H and O–H groups in total. The molecule has 9 nitrogen and oxygen atoms in total. The number of aromatic amines is 1. The number of sulfonamides is 1. The van der Waals surface area contributed by atoms with Crippen molar-refractivity contribution in [2.45, 2.75) is 24.2 Å². The maximum Gasteiger partial charge on any atom is 0.251 e. The van der Waals surface area contributed by atoms with E-state index in [9.17, 15) is 8.42 Å². The maximum absolute atomic E-state index is 13.4. The smallest absolute Gasteiger partial charge is 0.251 e. The Morgan fingerprint density at radius 3 is 2.00 bits per heavy atom. The Hall–Kier alpha value is -2.72. The number of rotatable bonds is 7. The Balaban J connectivity index is 1.54. The summed E-state index contributed by atoms with van der Waals surface area (Å²) >= 11 is 0. The zero-order chi connectivity index (χ0) is 23.4. The molecule has 0 saturated carbocycles. The molecule has 0 amide bonds. The van der Waals surface area contributed by atoms with Crippen molar-refractivity contribution < 1.29 is 27.6 Å². The molecule has 0 bridgehead atoms. The summed E-state index contributed by atoms with van der Waals surface area (Å²) in [6, 6.07) is 5.76. The van der Waals surface area contributed by atoms with Gasteiger partial charge in [-0.3, -0.25) is 0 Å². The van der Waals surface area contributed by atoms with Gasteiger partial charge in [0.2, 0.25) is 5.75 Å². The normalized spacial score (nSPS) is 17.7. The fraction of sp³-hybridized carbons (Fsp3) is 0.522. The molecular weight excluding hydrogens is 444 g/mol. The van der Waals surface area contributed by atoms with Crippen LogP contribution in [-0.4, -0.2) is 73.3 Å². The number of H-pyrrole nitrogens is 1. The van der Waals surface area contributed by atoms with Crippen LogP contribution in [0.15, 0.2) is 35.5 Å². The van der Waals surface area contributed by atoms with Crippen molar-refractivity contribution in [1.82, 2.24) is 4.31 Å². The van der Waals surface area contributed by atoms with Gasteiger partial charge in [0.25, 0.3) is 10.0 Å². The van der Waals surface area contributed by atoms with Gasteiger partial charge in [-0.25, -0.2) is 13.4 Å². The summed E-state index contributed by atoms with van der Waals surface area (Å²) in [5, 5.41) is 0. The number of nitrogens with one attached hydrogen (secondary N) is 1. The van der Waals surface area contributed by atoms with E-state index >= 15 is 0 Å². The van der Waals surface area contributed by atoms with E-state index in [-0.39, 0.29) is 0 Å². The molecule has 2 aromatic rings. The molecule has 0 spiro atoms. The van der Waals surface area contributed by atoms with E-state index in [1.54, 1.807) is 38.0 Å². The fourth-order valence-electron chi connectivity index (χ4n) is 4.57. The van der Waals surface area contributed by atoms with Crippen LogP contribution in [0.3, 0.4) is 0 Å². The van der Waals surface area contributed by atoms with Crippen molar-refractivity contribution in [2.75, 3.05) is 70.4 Å². The lowest BCUT2D eigenvalue weighted by Gasteiger charge is -2.38. The van der Waals surface area contributed by atoms with E-state index in [2.05, 4.69) is 14.8 Å². The van der Waals surface area contributed by atoms with Crippen LogP contribution in [0.5, 0.6) is 17.2 Å². The van der Waals surface area contributed by atoms with E-state index in [4.69, 9.17) is 14.2 Å². The van der Waals surface area contributed by atoms with Gasteiger partial charge >= 0.3 is 0 Å². The molecule has 2 fully saturated rings. The highest BCUT2D eigenvalue weighted by Crippen LogP contribution is 2.41. The number of piperazine rings is 1. The van der Waals surface area contributed by atoms with Gasteiger partial charge in [-0.1, -0.05) is 6.42 Å². The zero-order valence-corrected chi connectivity index (χ0v) is 20.4. The monoisotopic (exact) mass is 477 g/mol. The number of aromatic nitrogens is 1. The number of piperidine rings is 1. The minimum absolute atomic E-state index is 0.355. The molecule has 4 rings (SSSR count). The topological polar surface area (TPSA) is 85.7 Å². The molecule has 3 heterocycles. The van der Waals surface area contributed by atoms with Crippen molar-refractivity contribution in [3.05, 3.63) is 30.6 Å². The largest absolute Gasteiger partial charge is 0.493 e. The number of nitrogens with zero attached hydrogens (tertiary/aromatic N) is 3. The minimum Gasteiger partial charge on any atom is -0.493 e. The van der Waals surface area contributed by atoms with E-state index < -0.39 is 10.0 Å². The molecule has 180 valence electrons. The van der Waals surface area contributed by atoms with Crippen molar-refractivity contribution in [2.24, 2.45) is 0 Å². The van der Waals surface area contributed by atoms with Gasteiger partial charge in [-0.15, -0.1) is 0 Å². The van der Waals surface area contributed by atoms with Gasteiger partial charge < -0.3 is 24.0 Å². The molecule has 0 aliphatic carbocycles. The van der Waals surface area contributed by atoms with Gasteiger partial charge in [0.1, 0.15) is 0 Å². The van der Waals surface area contributed by atoms with Gasteiger partial charge in [0.15, 0.2) is 28.8 Å². The van der Waals surface area contributed by atoms with Crippen molar-refractivity contribution in [3.8, 4) is 17.2 Å². The number of methoxy groups -OCH3 is 3. The quantitative estimate of drug-likeness (QED) is 0.603. The van der Waals surface area contributed by atoms with Crippen LogP contribution in [0.4, 0.5) is 11.4 Å². The number of hydrogen-bond acceptors (Lipinski definition) is 7. The lowest BCUT2D eigenvalue weighted by atomic mass is 10.2. The fourth-order valence-corrected chi connectivity index (χ4v) is 6.27. The molecule has 2 aliphatic heterocycles. The third kappa shape index (κ3) is 4.67. The standard InChI is InChI=1S/C23H32N4O5S/c1-30-20-15-18(16-21(31-2)23(20)32-3)25-11-13-26(14-12-25)19-7-8-24-17-22(19)33(28,29)27-9-5-4-6-10-27/h7-8,15-17H,4-6,9-14H2,1-3H3/p+1. The molecule has 2 saturated heterocycles. The van der Waals surface area contributed by atoms with E-state index in [0.29, 0.717) is 48.3 Å². The SMILES string of the molecule is COc1cc(N2CCN(c3cc[nH+]cc3S(=O)(=O)N3CCCCC3)CC2)cc(OC)c1OC. The molecule has 0 radical (unpaired) electrons. The van der Waals surface area contributed by atoms with Crippen LogP contribution >= 0.6 is 0 Å². The summed E-state index contributed by atoms with van der Waals surface area (Å²) in [6.07, 6.45) is 6.32. The van der Waals surface area contributed by atoms with Crippen LogP contribution in [-0.2, 0) is 10.0 Å². The second kappa shape index (κ2) is 10.0. The Morgan fingerprint density at radius 1 is 0.818 bits per heavy atom. The molecule has 2 aliphatic rings. The molecular formula is C23H33N4O5S+. The number of ether oxygens (including phenoxy) is 3. The van der Waals surface area contributed by atoms with Crippen molar-refractivity contribution >= 4 is 21.4 Å². The van der Waals surface area contributed by atoms with Gasteiger partial charge in [-0.2, -0.15) is 4.31 Å². The first-order valence-electron chi connectivity index (χ1n) is 11.3. The van der Waals surface area contributed by atoms with Crippen molar-refractivity contribution in [1.29, 1.82) is 0 Å². The van der Waals surface area contributed by atoms with Gasteiger partial charge in [0, 0.05) is 63.2 Å². The van der Waals surface area contributed by atoms with Gasteiger partial charge in [-0.05, 0) is 12.8 Å². The second-order valence-electron chi connectivity index (χ2n) is 8.22. The van der Waals surface area contributed by atoms with Crippen LogP contribution in [0, 0.1) is 0 Å². The van der Waals surface area contributed by atoms with Crippen molar-refractivity contribution in [3.63, 3.8) is 0 Å². The highest BCUT2D eigenvalue weighted by molar-refractivity contribution is 7.89. The predicted molar refractivity (Wildman–Crippen MR) is 126 cm³/mol. The molecule has 0 unspecified atom stereocenters. The third-order valence-corrected chi connectivity index (χ3v) is 8.30. The highest BCUT2D eigenvalue weighted by Gasteiger charge is 2.32. The van der Waals surface area contributed by atoms with Crippen LogP contribution in [0.25, 0.3) is 0 Å². The molecule has 1 aromatic carbocycles. The van der Waals surface area contributed by atoms with Crippen LogP contribution in [0.2, 0.25) is 0 Å². The zero-order valence-electron chi connectivity index (χ0n) is 19.5. The number of anilines is 2. The summed E-state index contributed by atoms with van der Waals surface area (Å²) in [5.41, 5.74) is 1.73. The minimum atomic E-state index is -3.53. The van der Waals surface area contributed by atoms with E-state index in [1.807, 2.05) is 18.2 Å². The number of pyridine rings is 1. The first-order chi connectivity index (χ1) is 16.0. The number of hydrogen-bond donors (Lipinski definition) is 0. The predicted octanol–water partition coefficient (Wildman–Crippen LogP) is 2.03. The molecule has 1 aromatic heterocycles.